The highest BCUT2D eigenvalue weighted by Crippen LogP contribution is 2.04. The summed E-state index contributed by atoms with van der Waals surface area (Å²) in [5.41, 5.74) is 6.11. The summed E-state index contributed by atoms with van der Waals surface area (Å²) >= 11 is 0. The number of aromatic nitrogens is 2. The molecule has 0 bridgehead atoms. The Morgan fingerprint density at radius 1 is 1.38 bits per heavy atom. The smallest absolute Gasteiger partial charge is 0.269 e. The van der Waals surface area contributed by atoms with Gasteiger partial charge < -0.3 is 5.73 Å². The quantitative estimate of drug-likeness (QED) is 0.820. The zero-order valence-corrected chi connectivity index (χ0v) is 8.43. The monoisotopic (exact) mass is 219 g/mol. The van der Waals surface area contributed by atoms with Crippen LogP contribution in [0.2, 0.25) is 0 Å². The molecule has 0 radical (unpaired) electrons. The van der Waals surface area contributed by atoms with E-state index in [1.807, 2.05) is 0 Å². The third-order valence-electron chi connectivity index (χ3n) is 2.11. The summed E-state index contributed by atoms with van der Waals surface area (Å²) in [6, 6.07) is 7.32. The standard InChI is InChI=1S/C11H10FN3O/c12-9-3-1-2-8(4-9)7-15-11(16)5-10(13)6-14-15/h1-6H,7,13H2. The highest BCUT2D eigenvalue weighted by molar-refractivity contribution is 5.31. The molecule has 5 heteroatoms. The van der Waals surface area contributed by atoms with Crippen molar-refractivity contribution in [3.63, 3.8) is 0 Å². The summed E-state index contributed by atoms with van der Waals surface area (Å²) in [6.07, 6.45) is 1.39. The lowest BCUT2D eigenvalue weighted by molar-refractivity contribution is 0.611. The molecule has 82 valence electrons. The van der Waals surface area contributed by atoms with Crippen molar-refractivity contribution in [3.05, 3.63) is 58.3 Å². The summed E-state index contributed by atoms with van der Waals surface area (Å²) in [7, 11) is 0. The zero-order valence-electron chi connectivity index (χ0n) is 8.43. The molecular weight excluding hydrogens is 209 g/mol. The van der Waals surface area contributed by atoms with Crippen LogP contribution < -0.4 is 11.3 Å². The molecule has 2 N–H and O–H groups in total. The van der Waals surface area contributed by atoms with Crippen LogP contribution in [0.25, 0.3) is 0 Å². The van der Waals surface area contributed by atoms with Gasteiger partial charge in [0.15, 0.2) is 0 Å². The van der Waals surface area contributed by atoms with Gasteiger partial charge in [-0.1, -0.05) is 12.1 Å². The highest BCUT2D eigenvalue weighted by Gasteiger charge is 2.00. The Morgan fingerprint density at radius 2 is 2.19 bits per heavy atom. The molecular formula is C11H10FN3O. The maximum Gasteiger partial charge on any atom is 0.269 e. The van der Waals surface area contributed by atoms with Crippen molar-refractivity contribution >= 4 is 5.69 Å². The van der Waals surface area contributed by atoms with Gasteiger partial charge in [-0.25, -0.2) is 9.07 Å². The first-order valence-electron chi connectivity index (χ1n) is 4.72. The normalized spacial score (nSPS) is 10.3. The van der Waals surface area contributed by atoms with Gasteiger partial charge in [0.2, 0.25) is 0 Å². The van der Waals surface area contributed by atoms with Crippen LogP contribution in [-0.4, -0.2) is 9.78 Å². The third kappa shape index (κ3) is 2.25. The van der Waals surface area contributed by atoms with Gasteiger partial charge in [-0.05, 0) is 17.7 Å². The first-order chi connectivity index (χ1) is 7.65. The molecule has 0 fully saturated rings. The molecule has 0 saturated carbocycles. The van der Waals surface area contributed by atoms with Gasteiger partial charge in [0.1, 0.15) is 5.82 Å². The van der Waals surface area contributed by atoms with Crippen LogP contribution >= 0.6 is 0 Å². The predicted molar refractivity (Wildman–Crippen MR) is 58.4 cm³/mol. The van der Waals surface area contributed by atoms with Gasteiger partial charge in [0, 0.05) is 6.07 Å². The van der Waals surface area contributed by atoms with Crippen molar-refractivity contribution in [2.75, 3.05) is 5.73 Å². The topological polar surface area (TPSA) is 60.9 Å². The lowest BCUT2D eigenvalue weighted by Crippen LogP contribution is -2.22. The number of nitrogens with zero attached hydrogens (tertiary/aromatic N) is 2. The largest absolute Gasteiger partial charge is 0.397 e. The van der Waals surface area contributed by atoms with E-state index in [-0.39, 0.29) is 17.9 Å². The van der Waals surface area contributed by atoms with Crippen LogP contribution in [0.4, 0.5) is 10.1 Å². The number of benzene rings is 1. The van der Waals surface area contributed by atoms with E-state index in [0.29, 0.717) is 11.3 Å². The van der Waals surface area contributed by atoms with Gasteiger partial charge in [0.05, 0.1) is 18.4 Å². The fourth-order valence-corrected chi connectivity index (χ4v) is 1.37. The minimum atomic E-state index is -0.332. The molecule has 1 heterocycles. The van der Waals surface area contributed by atoms with Crippen LogP contribution in [0.15, 0.2) is 41.3 Å². The summed E-state index contributed by atoms with van der Waals surface area (Å²) < 4.78 is 14.1. The predicted octanol–water partition coefficient (Wildman–Crippen LogP) is 1.01. The Balaban J connectivity index is 2.31. The molecule has 0 saturated heterocycles. The Labute approximate surface area is 91.1 Å². The second-order valence-corrected chi connectivity index (χ2v) is 3.41. The number of rotatable bonds is 2. The van der Waals surface area contributed by atoms with E-state index in [4.69, 9.17) is 5.73 Å². The summed E-state index contributed by atoms with van der Waals surface area (Å²) in [6.45, 7) is 0.233. The molecule has 4 nitrogen and oxygen atoms in total. The number of nitrogens with two attached hydrogens (primary N) is 1. The van der Waals surface area contributed by atoms with Crippen molar-refractivity contribution < 1.29 is 4.39 Å². The molecule has 16 heavy (non-hydrogen) atoms. The molecule has 2 rings (SSSR count). The van der Waals surface area contributed by atoms with E-state index in [1.165, 1.54) is 29.1 Å². The molecule has 0 spiro atoms. The Morgan fingerprint density at radius 3 is 2.88 bits per heavy atom. The van der Waals surface area contributed by atoms with E-state index in [9.17, 15) is 9.18 Å². The van der Waals surface area contributed by atoms with Gasteiger partial charge in [-0.2, -0.15) is 5.10 Å². The van der Waals surface area contributed by atoms with Gasteiger partial charge in [-0.3, -0.25) is 4.79 Å². The maximum absolute atomic E-state index is 12.9. The second kappa shape index (κ2) is 4.14. The lowest BCUT2D eigenvalue weighted by atomic mass is 10.2. The maximum atomic E-state index is 12.9. The third-order valence-corrected chi connectivity index (χ3v) is 2.11. The Hall–Kier alpha value is -2.17. The van der Waals surface area contributed by atoms with Crippen LogP contribution in [-0.2, 0) is 6.54 Å². The first-order valence-corrected chi connectivity index (χ1v) is 4.72. The second-order valence-electron chi connectivity index (χ2n) is 3.41. The molecule has 0 aliphatic heterocycles. The van der Waals surface area contributed by atoms with E-state index in [2.05, 4.69) is 5.10 Å². The van der Waals surface area contributed by atoms with Crippen molar-refractivity contribution in [1.29, 1.82) is 0 Å². The number of halogens is 1. The fraction of sp³-hybridized carbons (Fsp3) is 0.0909. The van der Waals surface area contributed by atoms with Gasteiger partial charge in [-0.15, -0.1) is 0 Å². The minimum absolute atomic E-state index is 0.233. The van der Waals surface area contributed by atoms with Crippen LogP contribution in [0.1, 0.15) is 5.56 Å². The van der Waals surface area contributed by atoms with Gasteiger partial charge >= 0.3 is 0 Å². The van der Waals surface area contributed by atoms with Crippen LogP contribution in [0, 0.1) is 5.82 Å². The fourth-order valence-electron chi connectivity index (χ4n) is 1.37. The number of hydrogen-bond acceptors (Lipinski definition) is 3. The minimum Gasteiger partial charge on any atom is -0.397 e. The van der Waals surface area contributed by atoms with E-state index >= 15 is 0 Å². The zero-order chi connectivity index (χ0) is 11.5. The Kier molecular flexibility index (Phi) is 2.68. The number of nitrogen functional groups attached to an aromatic ring is 1. The van der Waals surface area contributed by atoms with E-state index in [0.717, 1.165) is 0 Å². The molecule has 2 aromatic rings. The van der Waals surface area contributed by atoms with Crippen LogP contribution in [0.3, 0.4) is 0 Å². The molecule has 0 aliphatic rings. The average molecular weight is 219 g/mol. The van der Waals surface area contributed by atoms with Crippen molar-refractivity contribution in [1.82, 2.24) is 9.78 Å². The van der Waals surface area contributed by atoms with Crippen LogP contribution in [0.5, 0.6) is 0 Å². The first kappa shape index (κ1) is 10.4. The lowest BCUT2D eigenvalue weighted by Gasteiger charge is -2.04. The molecule has 0 amide bonds. The molecule has 1 aromatic heterocycles. The Bertz CT molecular complexity index is 565. The van der Waals surface area contributed by atoms with E-state index in [1.54, 1.807) is 12.1 Å². The van der Waals surface area contributed by atoms with Crippen molar-refractivity contribution in [3.8, 4) is 0 Å². The molecule has 1 aromatic carbocycles. The molecule has 0 aliphatic carbocycles. The average Bonchev–Trinajstić information content (AvgIpc) is 2.22. The number of anilines is 1. The SMILES string of the molecule is Nc1cnn(Cc2cccc(F)c2)c(=O)c1. The van der Waals surface area contributed by atoms with Crippen molar-refractivity contribution in [2.24, 2.45) is 0 Å². The summed E-state index contributed by atoms with van der Waals surface area (Å²) in [5.74, 6) is -0.332. The highest BCUT2D eigenvalue weighted by atomic mass is 19.1. The van der Waals surface area contributed by atoms with Crippen molar-refractivity contribution in [2.45, 2.75) is 6.54 Å². The molecule has 0 unspecified atom stereocenters. The van der Waals surface area contributed by atoms with E-state index < -0.39 is 0 Å². The van der Waals surface area contributed by atoms with Gasteiger partial charge in [0.25, 0.3) is 5.56 Å². The summed E-state index contributed by atoms with van der Waals surface area (Å²) in [4.78, 5) is 11.5. The molecule has 0 atom stereocenters. The summed E-state index contributed by atoms with van der Waals surface area (Å²) in [5, 5.41) is 3.86. The number of hydrogen-bond donors (Lipinski definition) is 1.